The van der Waals surface area contributed by atoms with E-state index in [9.17, 15) is 0 Å². The molecular weight excluding hydrogens is 340 g/mol. The van der Waals surface area contributed by atoms with Crippen molar-refractivity contribution in [1.82, 2.24) is 0 Å². The van der Waals surface area contributed by atoms with Gasteiger partial charge < -0.3 is 4.74 Å². The van der Waals surface area contributed by atoms with Crippen molar-refractivity contribution in [3.63, 3.8) is 0 Å². The quantitative estimate of drug-likeness (QED) is 0.442. The van der Waals surface area contributed by atoms with Gasteiger partial charge in [-0.3, -0.25) is 0 Å². The lowest BCUT2D eigenvalue weighted by molar-refractivity contribution is -0.115. The van der Waals surface area contributed by atoms with Crippen molar-refractivity contribution in [3.8, 4) is 0 Å². The monoisotopic (exact) mass is 386 g/mol. The van der Waals surface area contributed by atoms with E-state index >= 15 is 0 Å². The summed E-state index contributed by atoms with van der Waals surface area (Å²) in [6.45, 7) is 12.8. The molecule has 4 saturated carbocycles. The van der Waals surface area contributed by atoms with Crippen molar-refractivity contribution in [3.05, 3.63) is 0 Å². The standard InChI is InChI=1S/C27H46O/c1-18(2)8-6-9-19(3)21-11-12-22-20-13-17-27-24(28-27)10-7-15-26(27,5)23(20)14-16-25(21,22)4/h18-24H,6-17H2,1-5H3/t19-,20+,21-,22+,23+,24-,25-,26-,27+/m1/s1. The summed E-state index contributed by atoms with van der Waals surface area (Å²) < 4.78 is 6.48. The van der Waals surface area contributed by atoms with E-state index in [1.165, 1.54) is 77.0 Å². The number of hydrogen-bond acceptors (Lipinski definition) is 1. The Balaban J connectivity index is 1.32. The number of epoxide rings is 1. The molecule has 1 heteroatoms. The van der Waals surface area contributed by atoms with Crippen LogP contribution in [0.2, 0.25) is 0 Å². The van der Waals surface area contributed by atoms with Gasteiger partial charge in [0.15, 0.2) is 0 Å². The van der Waals surface area contributed by atoms with E-state index in [2.05, 4.69) is 34.6 Å². The summed E-state index contributed by atoms with van der Waals surface area (Å²) in [5, 5.41) is 0. The van der Waals surface area contributed by atoms with Crippen LogP contribution in [-0.2, 0) is 4.74 Å². The highest BCUT2D eigenvalue weighted by Crippen LogP contribution is 2.73. The van der Waals surface area contributed by atoms with E-state index in [0.29, 0.717) is 22.5 Å². The third kappa shape index (κ3) is 2.66. The van der Waals surface area contributed by atoms with Gasteiger partial charge in [-0.25, -0.2) is 0 Å². The van der Waals surface area contributed by atoms with Crippen molar-refractivity contribution in [2.24, 2.45) is 46.3 Å². The summed E-state index contributed by atoms with van der Waals surface area (Å²) in [5.74, 6) is 5.77. The molecule has 0 aromatic heterocycles. The van der Waals surface area contributed by atoms with Gasteiger partial charge in [0.25, 0.3) is 0 Å². The van der Waals surface area contributed by atoms with Crippen molar-refractivity contribution >= 4 is 0 Å². The lowest BCUT2D eigenvalue weighted by Gasteiger charge is -2.60. The molecule has 0 N–H and O–H groups in total. The average molecular weight is 387 g/mol. The first kappa shape index (κ1) is 19.9. The van der Waals surface area contributed by atoms with Gasteiger partial charge in [-0.05, 0) is 92.3 Å². The van der Waals surface area contributed by atoms with Gasteiger partial charge in [0.1, 0.15) is 5.60 Å². The Bertz CT molecular complexity index is 597. The molecule has 1 nitrogen and oxygen atoms in total. The zero-order chi connectivity index (χ0) is 19.7. The maximum atomic E-state index is 6.48. The minimum atomic E-state index is 0.322. The van der Waals surface area contributed by atoms with E-state index in [-0.39, 0.29) is 0 Å². The normalized spacial score (nSPS) is 53.1. The Morgan fingerprint density at radius 3 is 2.46 bits per heavy atom. The molecule has 5 fully saturated rings. The molecule has 1 saturated heterocycles. The first-order valence-electron chi connectivity index (χ1n) is 13.0. The molecule has 1 heterocycles. The van der Waals surface area contributed by atoms with Crippen molar-refractivity contribution in [1.29, 1.82) is 0 Å². The summed E-state index contributed by atoms with van der Waals surface area (Å²) in [7, 11) is 0. The Morgan fingerprint density at radius 1 is 0.857 bits per heavy atom. The topological polar surface area (TPSA) is 12.5 Å². The van der Waals surface area contributed by atoms with Crippen LogP contribution in [0.15, 0.2) is 0 Å². The van der Waals surface area contributed by atoms with Crippen LogP contribution in [0.4, 0.5) is 0 Å². The van der Waals surface area contributed by atoms with E-state index in [1.54, 1.807) is 0 Å². The zero-order valence-electron chi connectivity index (χ0n) is 19.4. The van der Waals surface area contributed by atoms with Crippen LogP contribution in [-0.4, -0.2) is 11.7 Å². The van der Waals surface area contributed by atoms with Gasteiger partial charge in [-0.15, -0.1) is 0 Å². The highest BCUT2D eigenvalue weighted by molar-refractivity contribution is 5.22. The molecule has 0 amide bonds. The maximum Gasteiger partial charge on any atom is 0.100 e. The Kier molecular flexibility index (Phi) is 4.78. The molecule has 5 rings (SSSR count). The first-order valence-corrected chi connectivity index (χ1v) is 13.0. The largest absolute Gasteiger partial charge is 0.365 e. The highest BCUT2D eigenvalue weighted by Gasteiger charge is 2.73. The van der Waals surface area contributed by atoms with Crippen molar-refractivity contribution in [2.75, 3.05) is 0 Å². The second-order valence-electron chi connectivity index (χ2n) is 12.8. The highest BCUT2D eigenvalue weighted by atomic mass is 16.6. The number of fused-ring (bicyclic) bond motifs is 4. The molecule has 0 unspecified atom stereocenters. The summed E-state index contributed by atoms with van der Waals surface area (Å²) in [6.07, 6.45) is 18.1. The zero-order valence-corrected chi connectivity index (χ0v) is 19.4. The Morgan fingerprint density at radius 2 is 1.68 bits per heavy atom. The average Bonchev–Trinajstić information content (AvgIpc) is 3.26. The molecule has 0 radical (unpaired) electrons. The maximum absolute atomic E-state index is 6.48. The number of ether oxygens (including phenoxy) is 1. The van der Waals surface area contributed by atoms with Gasteiger partial charge in [0, 0.05) is 5.41 Å². The van der Waals surface area contributed by atoms with Gasteiger partial charge >= 0.3 is 0 Å². The van der Waals surface area contributed by atoms with Crippen LogP contribution in [0.25, 0.3) is 0 Å². The van der Waals surface area contributed by atoms with E-state index < -0.39 is 0 Å². The summed E-state index contributed by atoms with van der Waals surface area (Å²) in [6, 6.07) is 0. The molecular formula is C27H46O. The van der Waals surface area contributed by atoms with E-state index in [0.717, 1.165) is 35.5 Å². The molecule has 28 heavy (non-hydrogen) atoms. The molecule has 9 atom stereocenters. The minimum Gasteiger partial charge on any atom is -0.365 e. The SMILES string of the molecule is CC(C)CCC[C@@H](C)[C@H]1CC[C@H]2[C@@H]3CC[C@]45O[C@@H]4CCC[C@]5(C)[C@H]3CC[C@]12C. The lowest BCUT2D eigenvalue weighted by Crippen LogP contribution is -2.57. The molecule has 0 bridgehead atoms. The van der Waals surface area contributed by atoms with Crippen LogP contribution >= 0.6 is 0 Å². The van der Waals surface area contributed by atoms with Crippen LogP contribution < -0.4 is 0 Å². The molecule has 4 aliphatic carbocycles. The van der Waals surface area contributed by atoms with Gasteiger partial charge in [-0.2, -0.15) is 0 Å². The fourth-order valence-corrected chi connectivity index (χ4v) is 9.77. The number of rotatable bonds is 5. The fraction of sp³-hybridized carbons (Fsp3) is 1.00. The number of hydrogen-bond donors (Lipinski definition) is 0. The van der Waals surface area contributed by atoms with Crippen LogP contribution in [0.3, 0.4) is 0 Å². The van der Waals surface area contributed by atoms with Gasteiger partial charge in [0.2, 0.25) is 0 Å². The minimum absolute atomic E-state index is 0.322. The van der Waals surface area contributed by atoms with Crippen LogP contribution in [0.5, 0.6) is 0 Å². The summed E-state index contributed by atoms with van der Waals surface area (Å²) >= 11 is 0. The van der Waals surface area contributed by atoms with Crippen LogP contribution in [0.1, 0.15) is 112 Å². The molecule has 0 aromatic rings. The summed E-state index contributed by atoms with van der Waals surface area (Å²) in [5.41, 5.74) is 1.46. The van der Waals surface area contributed by atoms with Crippen molar-refractivity contribution in [2.45, 2.75) is 123 Å². The predicted octanol–water partition coefficient (Wildman–Crippen LogP) is 7.63. The third-order valence-corrected chi connectivity index (χ3v) is 11.3. The second kappa shape index (κ2) is 6.73. The predicted molar refractivity (Wildman–Crippen MR) is 117 cm³/mol. The van der Waals surface area contributed by atoms with Gasteiger partial charge in [-0.1, -0.05) is 60.3 Å². The Hall–Kier alpha value is -0.0400. The molecule has 5 aliphatic rings. The first-order chi connectivity index (χ1) is 13.3. The molecule has 1 spiro atoms. The lowest BCUT2D eigenvalue weighted by atomic mass is 9.44. The van der Waals surface area contributed by atoms with Gasteiger partial charge in [0.05, 0.1) is 6.10 Å². The smallest absolute Gasteiger partial charge is 0.100 e. The fourth-order valence-electron chi connectivity index (χ4n) is 9.77. The second-order valence-corrected chi connectivity index (χ2v) is 12.8. The third-order valence-electron chi connectivity index (χ3n) is 11.3. The van der Waals surface area contributed by atoms with Crippen LogP contribution in [0, 0.1) is 46.3 Å². The molecule has 160 valence electrons. The molecule has 0 aromatic carbocycles. The Labute approximate surface area is 174 Å². The molecule has 1 aliphatic heterocycles. The van der Waals surface area contributed by atoms with Crippen molar-refractivity contribution < 1.29 is 4.74 Å². The summed E-state index contributed by atoms with van der Waals surface area (Å²) in [4.78, 5) is 0. The van der Waals surface area contributed by atoms with E-state index in [4.69, 9.17) is 4.74 Å². The van der Waals surface area contributed by atoms with E-state index in [1.807, 2.05) is 0 Å².